The van der Waals surface area contributed by atoms with Gasteiger partial charge in [-0.05, 0) is 11.6 Å². The first-order valence-electron chi connectivity index (χ1n) is 6.52. The first-order chi connectivity index (χ1) is 10.8. The van der Waals surface area contributed by atoms with Gasteiger partial charge in [0.25, 0.3) is 0 Å². The number of carbonyl (C=O) groups excluding carboxylic acids is 1. The number of benzene rings is 1. The summed E-state index contributed by atoms with van der Waals surface area (Å²) in [7, 11) is 0. The fourth-order valence-electron chi connectivity index (χ4n) is 2.00. The van der Waals surface area contributed by atoms with E-state index in [1.165, 1.54) is 0 Å². The summed E-state index contributed by atoms with van der Waals surface area (Å²) >= 11 is 5.79. The number of carbonyl (C=O) groups is 1. The highest BCUT2D eigenvalue weighted by atomic mass is 35.5. The van der Waals surface area contributed by atoms with Crippen LogP contribution in [0, 0.1) is 11.3 Å². The van der Waals surface area contributed by atoms with Gasteiger partial charge >= 0.3 is 6.18 Å². The van der Waals surface area contributed by atoms with Crippen LogP contribution in [-0.2, 0) is 17.4 Å². The Hall–Kier alpha value is -2.39. The molecule has 3 nitrogen and oxygen atoms in total. The van der Waals surface area contributed by atoms with Gasteiger partial charge in [-0.3, -0.25) is 9.78 Å². The summed E-state index contributed by atoms with van der Waals surface area (Å²) in [6.45, 7) is 0. The number of ketones is 1. The SMILES string of the molecule is N#C[C@H](C(=O)Cc1ccccc1)c1ncc(C(F)(F)F)cc1Cl. The zero-order valence-corrected chi connectivity index (χ0v) is 12.4. The average Bonchev–Trinajstić information content (AvgIpc) is 2.49. The number of rotatable bonds is 4. The minimum Gasteiger partial charge on any atom is -0.297 e. The van der Waals surface area contributed by atoms with E-state index in [2.05, 4.69) is 4.98 Å². The van der Waals surface area contributed by atoms with E-state index in [0.29, 0.717) is 17.8 Å². The van der Waals surface area contributed by atoms with Crippen LogP contribution in [0.4, 0.5) is 13.2 Å². The Morgan fingerprint density at radius 3 is 2.48 bits per heavy atom. The molecule has 0 bridgehead atoms. The molecule has 0 spiro atoms. The molecular weight excluding hydrogens is 329 g/mol. The summed E-state index contributed by atoms with van der Waals surface area (Å²) in [6, 6.07) is 11.1. The molecule has 2 aromatic rings. The van der Waals surface area contributed by atoms with Crippen LogP contribution in [0.15, 0.2) is 42.6 Å². The van der Waals surface area contributed by atoms with E-state index in [0.717, 1.165) is 0 Å². The molecule has 0 N–H and O–H groups in total. The van der Waals surface area contributed by atoms with Crippen LogP contribution in [0.3, 0.4) is 0 Å². The molecule has 0 saturated heterocycles. The molecule has 0 unspecified atom stereocenters. The number of hydrogen-bond acceptors (Lipinski definition) is 3. The van der Waals surface area contributed by atoms with Crippen molar-refractivity contribution in [2.75, 3.05) is 0 Å². The van der Waals surface area contributed by atoms with Crippen LogP contribution in [0.2, 0.25) is 5.02 Å². The minimum atomic E-state index is -4.59. The van der Waals surface area contributed by atoms with Gasteiger partial charge in [0.2, 0.25) is 0 Å². The highest BCUT2D eigenvalue weighted by Crippen LogP contribution is 2.33. The van der Waals surface area contributed by atoms with E-state index in [1.54, 1.807) is 36.4 Å². The Kier molecular flexibility index (Phi) is 5.02. The third-order valence-corrected chi connectivity index (χ3v) is 3.45. The van der Waals surface area contributed by atoms with Crippen molar-refractivity contribution in [2.45, 2.75) is 18.5 Å². The van der Waals surface area contributed by atoms with Gasteiger partial charge in [0.05, 0.1) is 22.3 Å². The highest BCUT2D eigenvalue weighted by molar-refractivity contribution is 6.31. The number of nitrogens with zero attached hydrogens (tertiary/aromatic N) is 2. The second-order valence-corrected chi connectivity index (χ2v) is 5.19. The Bertz CT molecular complexity index is 754. The number of aromatic nitrogens is 1. The molecule has 0 fully saturated rings. The second kappa shape index (κ2) is 6.80. The van der Waals surface area contributed by atoms with Crippen LogP contribution in [0.5, 0.6) is 0 Å². The summed E-state index contributed by atoms with van der Waals surface area (Å²) in [5.74, 6) is -1.79. The minimum absolute atomic E-state index is 0.0297. The maximum Gasteiger partial charge on any atom is 0.417 e. The second-order valence-electron chi connectivity index (χ2n) is 4.78. The lowest BCUT2D eigenvalue weighted by atomic mass is 9.95. The fourth-order valence-corrected chi connectivity index (χ4v) is 2.28. The zero-order valence-electron chi connectivity index (χ0n) is 11.6. The maximum atomic E-state index is 12.6. The Balaban J connectivity index is 2.28. The van der Waals surface area contributed by atoms with Crippen molar-refractivity contribution in [3.05, 3.63) is 64.4 Å². The van der Waals surface area contributed by atoms with Gasteiger partial charge in [0.15, 0.2) is 5.78 Å². The molecule has 118 valence electrons. The van der Waals surface area contributed by atoms with Crippen LogP contribution >= 0.6 is 11.6 Å². The molecule has 1 atom stereocenters. The fraction of sp³-hybridized carbons (Fsp3) is 0.188. The van der Waals surface area contributed by atoms with Gasteiger partial charge in [-0.15, -0.1) is 0 Å². The van der Waals surface area contributed by atoms with E-state index in [9.17, 15) is 23.2 Å². The van der Waals surface area contributed by atoms with E-state index < -0.39 is 23.4 Å². The van der Waals surface area contributed by atoms with Gasteiger partial charge in [-0.25, -0.2) is 0 Å². The maximum absolute atomic E-state index is 12.6. The smallest absolute Gasteiger partial charge is 0.297 e. The largest absolute Gasteiger partial charge is 0.417 e. The summed E-state index contributed by atoms with van der Waals surface area (Å²) in [4.78, 5) is 15.8. The molecule has 23 heavy (non-hydrogen) atoms. The average molecular weight is 339 g/mol. The third kappa shape index (κ3) is 4.08. The van der Waals surface area contributed by atoms with Gasteiger partial charge in [0.1, 0.15) is 5.92 Å². The van der Waals surface area contributed by atoms with Gasteiger partial charge in [-0.2, -0.15) is 18.4 Å². The molecule has 0 radical (unpaired) electrons. The normalized spacial score (nSPS) is 12.5. The monoisotopic (exact) mass is 338 g/mol. The van der Waals surface area contributed by atoms with Crippen molar-refractivity contribution in [2.24, 2.45) is 0 Å². The Labute approximate surface area is 135 Å². The molecule has 1 aromatic carbocycles. The van der Waals surface area contributed by atoms with E-state index in [-0.39, 0.29) is 17.1 Å². The van der Waals surface area contributed by atoms with Crippen molar-refractivity contribution >= 4 is 17.4 Å². The van der Waals surface area contributed by atoms with Crippen molar-refractivity contribution in [3.8, 4) is 6.07 Å². The molecule has 0 saturated carbocycles. The van der Waals surface area contributed by atoms with Crippen LogP contribution in [-0.4, -0.2) is 10.8 Å². The number of nitriles is 1. The summed E-state index contributed by atoms with van der Waals surface area (Å²) in [6.07, 6.45) is -4.05. The molecule has 2 rings (SSSR count). The first-order valence-corrected chi connectivity index (χ1v) is 6.89. The number of alkyl halides is 3. The molecule has 0 amide bonds. The summed E-state index contributed by atoms with van der Waals surface area (Å²) in [5, 5.41) is 8.84. The molecule has 0 aliphatic heterocycles. The van der Waals surface area contributed by atoms with Gasteiger partial charge in [0, 0.05) is 12.6 Å². The summed E-state index contributed by atoms with van der Waals surface area (Å²) in [5.41, 5.74) is -0.498. The van der Waals surface area contributed by atoms with E-state index >= 15 is 0 Å². The molecule has 1 heterocycles. The molecule has 0 aliphatic carbocycles. The molecule has 0 aliphatic rings. The standard InChI is InChI=1S/C16H10ClF3N2O/c17-13-7-11(16(18,19)20)9-22-15(13)12(8-21)14(23)6-10-4-2-1-3-5-10/h1-5,7,9,12H,6H2/t12-/m1/s1. The van der Waals surface area contributed by atoms with Crippen LogP contribution in [0.25, 0.3) is 0 Å². The quantitative estimate of drug-likeness (QED) is 0.840. The summed E-state index contributed by atoms with van der Waals surface area (Å²) < 4.78 is 37.8. The Morgan fingerprint density at radius 1 is 1.30 bits per heavy atom. The lowest BCUT2D eigenvalue weighted by molar-refractivity contribution is -0.137. The third-order valence-electron chi connectivity index (χ3n) is 3.14. The first kappa shape index (κ1) is 17.0. The lowest BCUT2D eigenvalue weighted by Crippen LogP contribution is -2.16. The zero-order chi connectivity index (χ0) is 17.0. The van der Waals surface area contributed by atoms with Crippen molar-refractivity contribution < 1.29 is 18.0 Å². The van der Waals surface area contributed by atoms with Crippen LogP contribution < -0.4 is 0 Å². The molecule has 1 aromatic heterocycles. The highest BCUT2D eigenvalue weighted by Gasteiger charge is 2.33. The predicted octanol–water partition coefficient (Wildman–Crippen LogP) is 4.17. The van der Waals surface area contributed by atoms with E-state index in [4.69, 9.17) is 11.6 Å². The van der Waals surface area contributed by atoms with Gasteiger partial charge < -0.3 is 0 Å². The molecule has 7 heteroatoms. The number of Topliss-reactive ketones (excluding diaryl/α,β-unsaturated/α-hetero) is 1. The van der Waals surface area contributed by atoms with E-state index in [1.807, 2.05) is 0 Å². The van der Waals surface area contributed by atoms with Crippen molar-refractivity contribution in [3.63, 3.8) is 0 Å². The lowest BCUT2D eigenvalue weighted by Gasteiger charge is -2.12. The van der Waals surface area contributed by atoms with Crippen molar-refractivity contribution in [1.82, 2.24) is 4.98 Å². The predicted molar refractivity (Wildman–Crippen MR) is 77.8 cm³/mol. The Morgan fingerprint density at radius 2 is 1.96 bits per heavy atom. The number of pyridine rings is 1. The topological polar surface area (TPSA) is 53.8 Å². The number of halogens is 4. The molecular formula is C16H10ClF3N2O. The van der Waals surface area contributed by atoms with Crippen LogP contribution in [0.1, 0.15) is 22.7 Å². The number of hydrogen-bond donors (Lipinski definition) is 0. The van der Waals surface area contributed by atoms with Gasteiger partial charge in [-0.1, -0.05) is 41.9 Å². The van der Waals surface area contributed by atoms with Crippen molar-refractivity contribution in [1.29, 1.82) is 5.26 Å².